The highest BCUT2D eigenvalue weighted by atomic mass is 16.5. The Bertz CT molecular complexity index is 2670. The summed E-state index contributed by atoms with van der Waals surface area (Å²) in [5.74, 6) is -2.25. The second-order valence-corrected chi connectivity index (χ2v) is 17.4. The summed E-state index contributed by atoms with van der Waals surface area (Å²) < 4.78 is 7.92. The van der Waals surface area contributed by atoms with E-state index in [4.69, 9.17) is 14.7 Å². The molecule has 0 amide bonds. The zero-order valence-corrected chi connectivity index (χ0v) is 36.7. The molecule has 8 rings (SSSR count). The van der Waals surface area contributed by atoms with Crippen LogP contribution < -0.4 is 4.74 Å². The molecule has 7 heterocycles. The van der Waals surface area contributed by atoms with Gasteiger partial charge in [0.25, 0.3) is 0 Å². The molecule has 1 saturated heterocycles. The van der Waals surface area contributed by atoms with Gasteiger partial charge in [0.2, 0.25) is 0 Å². The molecule has 0 saturated carbocycles. The summed E-state index contributed by atoms with van der Waals surface area (Å²) in [6.45, 7) is 8.51. The highest BCUT2D eigenvalue weighted by Crippen LogP contribution is 2.33. The van der Waals surface area contributed by atoms with Crippen LogP contribution in [0.3, 0.4) is 0 Å². The predicted molar refractivity (Wildman–Crippen MR) is 245 cm³/mol. The van der Waals surface area contributed by atoms with Crippen molar-refractivity contribution in [1.29, 1.82) is 0 Å². The Balaban J connectivity index is 0.946. The first-order valence-electron chi connectivity index (χ1n) is 21.9. The number of hydrogen-bond donors (Lipinski definition) is 5. The lowest BCUT2D eigenvalue weighted by molar-refractivity contribution is -0.140. The Labute approximate surface area is 375 Å². The molecule has 0 radical (unpaired) electrons. The van der Waals surface area contributed by atoms with Crippen LogP contribution in [0.25, 0.3) is 45.3 Å². The van der Waals surface area contributed by atoms with Crippen LogP contribution in [0.1, 0.15) is 42.3 Å². The number of benzene rings is 1. The lowest BCUT2D eigenvalue weighted by Crippen LogP contribution is -2.48. The van der Waals surface area contributed by atoms with Crippen LogP contribution in [-0.2, 0) is 39.4 Å². The third kappa shape index (κ3) is 12.1. The third-order valence-corrected chi connectivity index (χ3v) is 11.9. The molecule has 0 atom stereocenters. The van der Waals surface area contributed by atoms with Gasteiger partial charge in [0.15, 0.2) is 0 Å². The first-order valence-corrected chi connectivity index (χ1v) is 21.9. The Morgan fingerprint density at radius 2 is 1.26 bits per heavy atom. The van der Waals surface area contributed by atoms with Gasteiger partial charge in [0.1, 0.15) is 18.1 Å². The molecule has 5 aromatic rings. The number of aromatic amines is 2. The number of fused-ring (bicyclic) bond motifs is 8. The summed E-state index contributed by atoms with van der Waals surface area (Å²) in [5.41, 5.74) is 10.1. The second-order valence-electron chi connectivity index (χ2n) is 17.4. The molecule has 4 aromatic heterocycles. The molecular weight excluding hydrogens is 831 g/mol. The minimum absolute atomic E-state index is 0.0970. The number of rotatable bonds is 13. The van der Waals surface area contributed by atoms with Crippen LogP contribution in [0.4, 0.5) is 0 Å². The van der Waals surface area contributed by atoms with E-state index in [0.717, 1.165) is 62.4 Å². The largest absolute Gasteiger partial charge is 0.487 e. The number of nitrogens with zero attached hydrogens (tertiary/aromatic N) is 9. The molecule has 0 unspecified atom stereocenters. The molecular formula is C47H55N11O7. The fraction of sp³-hybridized carbons (Fsp3) is 0.383. The number of carboxylic acid groups (broad SMARTS) is 3. The molecule has 18 nitrogen and oxygen atoms in total. The molecule has 8 bridgehead atoms. The van der Waals surface area contributed by atoms with E-state index >= 15 is 0 Å². The van der Waals surface area contributed by atoms with Crippen molar-refractivity contribution in [2.45, 2.75) is 38.8 Å². The normalized spacial score (nSPS) is 16.8. The van der Waals surface area contributed by atoms with Gasteiger partial charge in [-0.1, -0.05) is 31.2 Å². The van der Waals surface area contributed by atoms with Crippen molar-refractivity contribution < 1.29 is 34.4 Å². The number of nitrogens with one attached hydrogen (secondary N) is 2. The monoisotopic (exact) mass is 885 g/mol. The van der Waals surface area contributed by atoms with Crippen LogP contribution >= 0.6 is 0 Å². The molecule has 65 heavy (non-hydrogen) atoms. The van der Waals surface area contributed by atoms with Crippen molar-refractivity contribution in [2.24, 2.45) is 0 Å². The van der Waals surface area contributed by atoms with Gasteiger partial charge < -0.3 is 30.0 Å². The van der Waals surface area contributed by atoms with E-state index in [9.17, 15) is 29.7 Å². The van der Waals surface area contributed by atoms with E-state index in [1.807, 2.05) is 48.7 Å². The molecule has 3 aliphatic rings. The number of ether oxygens (including phenoxy) is 1. The maximum absolute atomic E-state index is 11.7. The standard InChI is InChI=1S/C47H55N11O7/c1-47(2)26-37-24-35-8-12-41(50-35)46(40-11-7-34(49-40)23-33-5-6-36(48-33)25-42(47)51-37)32-3-9-39(10-4-32)65-31-38-27-58(53-52-38)22-21-54-13-15-55(28-43(59)60)17-19-57(30-45(63)64)20-18-56(16-14-54)29-44(61)62/h3-12,23-25,27,48,50H,13-22,26,28-31H2,1-2H3,(H,59,60)(H,61,62)(H,63,64). The van der Waals surface area contributed by atoms with Crippen molar-refractivity contribution in [2.75, 3.05) is 78.5 Å². The molecule has 1 aromatic carbocycles. The van der Waals surface area contributed by atoms with E-state index in [-0.39, 0.29) is 31.7 Å². The second kappa shape index (κ2) is 20.0. The van der Waals surface area contributed by atoms with Crippen molar-refractivity contribution in [3.05, 3.63) is 101 Å². The smallest absolute Gasteiger partial charge is 0.317 e. The minimum Gasteiger partial charge on any atom is -0.487 e. The van der Waals surface area contributed by atoms with Gasteiger partial charge >= 0.3 is 17.9 Å². The Hall–Kier alpha value is -6.73. The average molecular weight is 886 g/mol. The zero-order chi connectivity index (χ0) is 45.5. The van der Waals surface area contributed by atoms with Crippen molar-refractivity contribution in [1.82, 2.24) is 54.5 Å². The highest BCUT2D eigenvalue weighted by Gasteiger charge is 2.28. The quantitative estimate of drug-likeness (QED) is 0.109. The Morgan fingerprint density at radius 1 is 0.677 bits per heavy atom. The third-order valence-electron chi connectivity index (χ3n) is 11.9. The summed E-state index contributed by atoms with van der Waals surface area (Å²) in [6, 6.07) is 22.5. The fourth-order valence-electron chi connectivity index (χ4n) is 8.45. The fourth-order valence-corrected chi connectivity index (χ4v) is 8.45. The van der Waals surface area contributed by atoms with Gasteiger partial charge in [-0.15, -0.1) is 5.10 Å². The molecule has 0 spiro atoms. The number of carboxylic acids is 3. The Kier molecular flexibility index (Phi) is 13.8. The van der Waals surface area contributed by atoms with E-state index in [1.165, 1.54) is 0 Å². The van der Waals surface area contributed by atoms with Crippen LogP contribution in [0, 0.1) is 0 Å². The predicted octanol–water partition coefficient (Wildman–Crippen LogP) is 4.32. The number of hydrogen-bond acceptors (Lipinski definition) is 12. The molecule has 0 aliphatic carbocycles. The van der Waals surface area contributed by atoms with Gasteiger partial charge in [0, 0.05) is 110 Å². The van der Waals surface area contributed by atoms with E-state index in [0.29, 0.717) is 76.9 Å². The van der Waals surface area contributed by atoms with Gasteiger partial charge in [-0.3, -0.25) is 43.6 Å². The maximum Gasteiger partial charge on any atom is 0.317 e. The van der Waals surface area contributed by atoms with Crippen LogP contribution in [0.2, 0.25) is 0 Å². The summed E-state index contributed by atoms with van der Waals surface area (Å²) >= 11 is 0. The minimum atomic E-state index is -0.992. The SMILES string of the molecule is CC1(C)Cc2cc3ccc([nH]3)c(-c3ccc(OCc4cn(CCN5CCN(CC(=O)O)CCN(CC(=O)O)CCN(CC(=O)O)CC5)nn4)cc3)c3nc(cc4ccc(cc1n2)[nH]4)C=C3. The van der Waals surface area contributed by atoms with Crippen molar-refractivity contribution in [3.8, 4) is 16.9 Å². The summed E-state index contributed by atoms with van der Waals surface area (Å²) in [4.78, 5) is 59.5. The molecule has 5 N–H and O–H groups in total. The lowest BCUT2D eigenvalue weighted by atomic mass is 9.87. The van der Waals surface area contributed by atoms with Gasteiger partial charge in [-0.05, 0) is 72.3 Å². The molecule has 1 fully saturated rings. The summed E-state index contributed by atoms with van der Waals surface area (Å²) in [7, 11) is 0. The summed E-state index contributed by atoms with van der Waals surface area (Å²) in [5, 5.41) is 37.2. The summed E-state index contributed by atoms with van der Waals surface area (Å²) in [6.07, 6.45) is 6.73. The number of aliphatic carboxylic acids is 3. The van der Waals surface area contributed by atoms with Gasteiger partial charge in [-0.25, -0.2) is 4.98 Å². The zero-order valence-electron chi connectivity index (χ0n) is 36.7. The number of carbonyl (C=O) groups is 3. The van der Waals surface area contributed by atoms with E-state index in [2.05, 4.69) is 75.4 Å². The van der Waals surface area contributed by atoms with Crippen molar-refractivity contribution in [3.63, 3.8) is 0 Å². The average Bonchev–Trinajstić information content (AvgIpc) is 4.11. The first kappa shape index (κ1) is 44.9. The molecule has 340 valence electrons. The van der Waals surface area contributed by atoms with Crippen molar-refractivity contribution >= 4 is 52.1 Å². The van der Waals surface area contributed by atoms with Gasteiger partial charge in [-0.2, -0.15) is 0 Å². The lowest BCUT2D eigenvalue weighted by Gasteiger charge is -2.33. The van der Waals surface area contributed by atoms with E-state index in [1.54, 1.807) is 19.4 Å². The van der Waals surface area contributed by atoms with Crippen LogP contribution in [0.15, 0.2) is 72.9 Å². The maximum atomic E-state index is 11.7. The van der Waals surface area contributed by atoms with Crippen LogP contribution in [-0.4, -0.2) is 166 Å². The van der Waals surface area contributed by atoms with E-state index < -0.39 is 17.9 Å². The number of H-pyrrole nitrogens is 2. The van der Waals surface area contributed by atoms with Crippen LogP contribution in [0.5, 0.6) is 5.75 Å². The highest BCUT2D eigenvalue weighted by molar-refractivity contribution is 5.91. The Morgan fingerprint density at radius 3 is 1.89 bits per heavy atom. The first-order chi connectivity index (χ1) is 31.3. The topological polar surface area (TPSA) is 222 Å². The molecule has 3 aliphatic heterocycles. The van der Waals surface area contributed by atoms with Gasteiger partial charge in [0.05, 0.1) is 43.8 Å². The number of aromatic nitrogens is 7. The molecule has 18 heteroatoms.